The Morgan fingerprint density at radius 3 is 2.35 bits per heavy atom. The summed E-state index contributed by atoms with van der Waals surface area (Å²) in [5.74, 6) is -1.67. The van der Waals surface area contributed by atoms with Crippen LogP contribution in [0.2, 0.25) is 0 Å². The molecular formula is C37H39NO8. The molecule has 1 aromatic heterocycles. The second kappa shape index (κ2) is 16.1. The summed E-state index contributed by atoms with van der Waals surface area (Å²) in [4.78, 5) is 42.6. The maximum Gasteiger partial charge on any atom is 0.417 e. The van der Waals surface area contributed by atoms with E-state index in [1.807, 2.05) is 91.9 Å². The molecule has 4 aromatic rings. The molecule has 1 aliphatic heterocycles. The van der Waals surface area contributed by atoms with E-state index in [0.717, 1.165) is 32.7 Å². The summed E-state index contributed by atoms with van der Waals surface area (Å²) < 4.78 is 22.5. The monoisotopic (exact) mass is 625 g/mol. The van der Waals surface area contributed by atoms with Crippen molar-refractivity contribution in [1.29, 1.82) is 0 Å². The molecule has 3 aromatic carbocycles. The van der Waals surface area contributed by atoms with E-state index >= 15 is 0 Å². The van der Waals surface area contributed by atoms with Gasteiger partial charge in [0.25, 0.3) is 0 Å². The number of imide groups is 1. The number of aliphatic hydroxyl groups excluding tert-OH is 1. The molecule has 1 saturated heterocycles. The standard InChI is InChI=1S/C37H39NO8/c1-26-10-8-15-29(22-26)30-24-34(46-33(30)16-9-18-43-20-21-44-19-17-39)35(40)31(23-27-11-4-2-5-12-27)36(41)38-32(25-45-37(38)42)28-13-6-3-7-14-28/h2-8,10-15,22,24,31-32,39H,9,16-21,23,25H2,1H3/t31-,32-/m0/s1. The SMILES string of the molecule is Cc1cccc(-c2cc(C(=O)[C@H](Cc3ccccc3)C(=O)N3C(=O)OC[C@H]3c3ccccc3)oc2CCCOCCOCCO)c1. The van der Waals surface area contributed by atoms with Crippen LogP contribution in [0.4, 0.5) is 4.79 Å². The lowest BCUT2D eigenvalue weighted by Crippen LogP contribution is -2.42. The number of hydrogen-bond donors (Lipinski definition) is 1. The van der Waals surface area contributed by atoms with Crippen LogP contribution in [-0.4, -0.2) is 67.4 Å². The van der Waals surface area contributed by atoms with Crippen LogP contribution >= 0.6 is 0 Å². The van der Waals surface area contributed by atoms with E-state index in [9.17, 15) is 14.4 Å². The number of amides is 2. The van der Waals surface area contributed by atoms with Gasteiger partial charge in [0, 0.05) is 18.6 Å². The molecule has 5 rings (SSSR count). The molecule has 1 aliphatic rings. The van der Waals surface area contributed by atoms with Gasteiger partial charge in [0.15, 0.2) is 5.76 Å². The zero-order valence-electron chi connectivity index (χ0n) is 25.9. The number of furan rings is 1. The van der Waals surface area contributed by atoms with Crippen LogP contribution in [0.5, 0.6) is 0 Å². The van der Waals surface area contributed by atoms with E-state index in [1.165, 1.54) is 0 Å². The van der Waals surface area contributed by atoms with E-state index in [1.54, 1.807) is 6.07 Å². The minimum Gasteiger partial charge on any atom is -0.457 e. The minimum atomic E-state index is -1.22. The first-order valence-corrected chi connectivity index (χ1v) is 15.5. The molecule has 1 fully saturated rings. The number of rotatable bonds is 16. The topological polar surface area (TPSA) is 116 Å². The molecule has 240 valence electrons. The highest BCUT2D eigenvalue weighted by molar-refractivity contribution is 6.12. The average Bonchev–Trinajstić information content (AvgIpc) is 3.69. The molecule has 0 unspecified atom stereocenters. The Bertz CT molecular complexity index is 1600. The van der Waals surface area contributed by atoms with Gasteiger partial charge in [0.1, 0.15) is 24.3 Å². The Labute approximate surface area is 268 Å². The van der Waals surface area contributed by atoms with Crippen LogP contribution in [0.3, 0.4) is 0 Å². The van der Waals surface area contributed by atoms with Crippen molar-refractivity contribution in [2.75, 3.05) is 39.6 Å². The number of nitrogens with zero attached hydrogens (tertiary/aromatic N) is 1. The average molecular weight is 626 g/mol. The van der Waals surface area contributed by atoms with Crippen molar-refractivity contribution in [1.82, 2.24) is 4.90 Å². The smallest absolute Gasteiger partial charge is 0.417 e. The maximum absolute atomic E-state index is 14.3. The van der Waals surface area contributed by atoms with Gasteiger partial charge in [-0.05, 0) is 42.5 Å². The zero-order valence-corrected chi connectivity index (χ0v) is 25.9. The lowest BCUT2D eigenvalue weighted by Gasteiger charge is -2.24. The molecule has 0 aliphatic carbocycles. The van der Waals surface area contributed by atoms with Crippen molar-refractivity contribution in [2.45, 2.75) is 32.2 Å². The van der Waals surface area contributed by atoms with E-state index < -0.39 is 29.7 Å². The number of aryl methyl sites for hydroxylation is 2. The Morgan fingerprint density at radius 1 is 0.913 bits per heavy atom. The predicted molar refractivity (Wildman–Crippen MR) is 171 cm³/mol. The highest BCUT2D eigenvalue weighted by atomic mass is 16.6. The third-order valence-corrected chi connectivity index (χ3v) is 7.87. The van der Waals surface area contributed by atoms with Crippen LogP contribution in [0.1, 0.15) is 45.5 Å². The Hall–Kier alpha value is -4.57. The largest absolute Gasteiger partial charge is 0.457 e. The number of Topliss-reactive ketones (excluding diaryl/α,β-unsaturated/α-hetero) is 1. The zero-order chi connectivity index (χ0) is 32.3. The van der Waals surface area contributed by atoms with Gasteiger partial charge in [-0.2, -0.15) is 0 Å². The molecular weight excluding hydrogens is 586 g/mol. The van der Waals surface area contributed by atoms with Crippen molar-refractivity contribution >= 4 is 17.8 Å². The number of cyclic esters (lactones) is 1. The summed E-state index contributed by atoms with van der Waals surface area (Å²) >= 11 is 0. The number of ether oxygens (including phenoxy) is 3. The first-order valence-electron chi connectivity index (χ1n) is 15.5. The maximum atomic E-state index is 14.3. The molecule has 1 N–H and O–H groups in total. The number of hydrogen-bond acceptors (Lipinski definition) is 8. The number of ketones is 1. The van der Waals surface area contributed by atoms with Crippen LogP contribution < -0.4 is 0 Å². The summed E-state index contributed by atoms with van der Waals surface area (Å²) in [7, 11) is 0. The van der Waals surface area contributed by atoms with Gasteiger partial charge in [0.2, 0.25) is 11.7 Å². The third-order valence-electron chi connectivity index (χ3n) is 7.87. The van der Waals surface area contributed by atoms with Gasteiger partial charge in [-0.1, -0.05) is 90.5 Å². The number of benzene rings is 3. The molecule has 9 heteroatoms. The first-order chi connectivity index (χ1) is 22.5. The van der Waals surface area contributed by atoms with Crippen molar-refractivity contribution in [3.05, 3.63) is 119 Å². The lowest BCUT2D eigenvalue weighted by atomic mass is 9.91. The minimum absolute atomic E-state index is 0.0128. The van der Waals surface area contributed by atoms with Crippen molar-refractivity contribution in [2.24, 2.45) is 5.92 Å². The van der Waals surface area contributed by atoms with E-state index in [-0.39, 0.29) is 32.0 Å². The molecule has 0 spiro atoms. The third kappa shape index (κ3) is 8.17. The molecule has 0 radical (unpaired) electrons. The van der Waals surface area contributed by atoms with Gasteiger partial charge in [-0.25, -0.2) is 9.69 Å². The summed E-state index contributed by atoms with van der Waals surface area (Å²) in [5.41, 5.74) is 4.25. The van der Waals surface area contributed by atoms with Crippen LogP contribution in [0.15, 0.2) is 95.4 Å². The Balaban J connectivity index is 1.43. The van der Waals surface area contributed by atoms with E-state index in [2.05, 4.69) is 0 Å². The number of carbonyl (C=O) groups is 3. The molecule has 0 bridgehead atoms. The molecule has 46 heavy (non-hydrogen) atoms. The van der Waals surface area contributed by atoms with Crippen LogP contribution in [0.25, 0.3) is 11.1 Å². The summed E-state index contributed by atoms with van der Waals surface area (Å²) in [6.07, 6.45) is 0.447. The number of aliphatic hydroxyl groups is 1. The van der Waals surface area contributed by atoms with Gasteiger partial charge in [-0.15, -0.1) is 0 Å². The van der Waals surface area contributed by atoms with E-state index in [4.69, 9.17) is 23.7 Å². The van der Waals surface area contributed by atoms with Crippen molar-refractivity contribution < 1.29 is 38.1 Å². The summed E-state index contributed by atoms with van der Waals surface area (Å²) in [6, 6.07) is 27.4. The van der Waals surface area contributed by atoms with Crippen LogP contribution in [0, 0.1) is 12.8 Å². The second-order valence-corrected chi connectivity index (χ2v) is 11.2. The Kier molecular flexibility index (Phi) is 11.5. The highest BCUT2D eigenvalue weighted by Crippen LogP contribution is 2.34. The Morgan fingerprint density at radius 2 is 1.63 bits per heavy atom. The van der Waals surface area contributed by atoms with Crippen molar-refractivity contribution in [3.8, 4) is 11.1 Å². The van der Waals surface area contributed by atoms with Crippen LogP contribution in [-0.2, 0) is 31.8 Å². The number of carbonyl (C=O) groups excluding carboxylic acids is 3. The molecule has 2 atom stereocenters. The highest BCUT2D eigenvalue weighted by Gasteiger charge is 2.44. The van der Waals surface area contributed by atoms with E-state index in [0.29, 0.717) is 38.4 Å². The fraction of sp³-hybridized carbons (Fsp3) is 0.324. The van der Waals surface area contributed by atoms with Gasteiger partial charge < -0.3 is 23.7 Å². The van der Waals surface area contributed by atoms with Crippen molar-refractivity contribution in [3.63, 3.8) is 0 Å². The molecule has 2 amide bonds. The fourth-order valence-corrected chi connectivity index (χ4v) is 5.58. The van der Waals surface area contributed by atoms with Gasteiger partial charge >= 0.3 is 6.09 Å². The van der Waals surface area contributed by atoms with Gasteiger partial charge in [-0.3, -0.25) is 9.59 Å². The summed E-state index contributed by atoms with van der Waals surface area (Å²) in [5, 5.41) is 8.83. The predicted octanol–water partition coefficient (Wildman–Crippen LogP) is 5.97. The fourth-order valence-electron chi connectivity index (χ4n) is 5.58. The molecule has 0 saturated carbocycles. The normalized spacial score (nSPS) is 15.1. The second-order valence-electron chi connectivity index (χ2n) is 11.2. The summed E-state index contributed by atoms with van der Waals surface area (Å²) in [6.45, 7) is 3.49. The lowest BCUT2D eigenvalue weighted by molar-refractivity contribution is -0.132. The first kappa shape index (κ1) is 32.8. The molecule has 9 nitrogen and oxygen atoms in total. The van der Waals surface area contributed by atoms with Gasteiger partial charge in [0.05, 0.1) is 26.4 Å². The quantitative estimate of drug-likeness (QED) is 0.0920. The molecule has 2 heterocycles.